The molecule has 0 atom stereocenters. The molecule has 2 heterocycles. The maximum absolute atomic E-state index is 12.2. The topological polar surface area (TPSA) is 72.0 Å². The summed E-state index contributed by atoms with van der Waals surface area (Å²) in [5.41, 5.74) is 3.09. The van der Waals surface area contributed by atoms with Crippen molar-refractivity contribution < 1.29 is 9.59 Å². The van der Waals surface area contributed by atoms with Crippen LogP contribution in [0.5, 0.6) is 0 Å². The highest BCUT2D eigenvalue weighted by molar-refractivity contribution is 7.18. The van der Waals surface area contributed by atoms with Crippen LogP contribution in [-0.2, 0) is 6.42 Å². The molecule has 1 aliphatic rings. The van der Waals surface area contributed by atoms with Gasteiger partial charge in [0.05, 0.1) is 21.8 Å². The van der Waals surface area contributed by atoms with Crippen LogP contribution in [-0.4, -0.2) is 21.7 Å². The van der Waals surface area contributed by atoms with E-state index in [1.165, 1.54) is 22.7 Å². The van der Waals surface area contributed by atoms with Crippen molar-refractivity contribution in [2.75, 3.05) is 5.32 Å². The van der Waals surface area contributed by atoms with Crippen LogP contribution in [0, 0.1) is 12.3 Å². The van der Waals surface area contributed by atoms with Crippen LogP contribution in [0.25, 0.3) is 0 Å². The Balaban J connectivity index is 1.84. The minimum absolute atomic E-state index is 0.0618. The average Bonchev–Trinajstić information content (AvgIpc) is 2.93. The van der Waals surface area contributed by atoms with E-state index in [0.717, 1.165) is 12.1 Å². The molecule has 21 heavy (non-hydrogen) atoms. The van der Waals surface area contributed by atoms with Crippen molar-refractivity contribution >= 4 is 39.5 Å². The van der Waals surface area contributed by atoms with Crippen molar-refractivity contribution in [3.63, 3.8) is 0 Å². The second-order valence-electron chi connectivity index (χ2n) is 5.96. The number of carbonyl (C=O) groups excluding carboxylic acids is 2. The zero-order valence-corrected chi connectivity index (χ0v) is 13.7. The van der Waals surface area contributed by atoms with Crippen LogP contribution in [0.1, 0.15) is 51.0 Å². The van der Waals surface area contributed by atoms with Crippen molar-refractivity contribution in [2.45, 2.75) is 33.6 Å². The van der Waals surface area contributed by atoms with Crippen LogP contribution in [0.2, 0.25) is 0 Å². The Morgan fingerprint density at radius 2 is 2.14 bits per heavy atom. The first-order valence-corrected chi connectivity index (χ1v) is 8.30. The maximum atomic E-state index is 12.2. The molecule has 0 saturated heterocycles. The van der Waals surface area contributed by atoms with Crippen LogP contribution in [0.15, 0.2) is 5.51 Å². The molecule has 0 fully saturated rings. The van der Waals surface area contributed by atoms with Gasteiger partial charge in [-0.1, -0.05) is 25.2 Å². The number of Topliss-reactive ketones (excluding diaryl/α,β-unsaturated/α-hetero) is 1. The van der Waals surface area contributed by atoms with Gasteiger partial charge in [-0.15, -0.1) is 11.3 Å². The normalized spacial score (nSPS) is 16.6. The predicted molar refractivity (Wildman–Crippen MR) is 83.4 cm³/mol. The number of fused-ring (bicyclic) bond motifs is 1. The molecule has 5 nitrogen and oxygen atoms in total. The summed E-state index contributed by atoms with van der Waals surface area (Å²) in [6.45, 7) is 5.92. The second-order valence-corrected chi connectivity index (χ2v) is 7.81. The third-order valence-corrected chi connectivity index (χ3v) is 5.39. The first-order chi connectivity index (χ1) is 9.85. The van der Waals surface area contributed by atoms with Crippen LogP contribution in [0.4, 0.5) is 5.13 Å². The summed E-state index contributed by atoms with van der Waals surface area (Å²) in [6, 6.07) is 0. The van der Waals surface area contributed by atoms with Crippen LogP contribution in [0.3, 0.4) is 0 Å². The third kappa shape index (κ3) is 2.75. The quantitative estimate of drug-likeness (QED) is 0.921. The highest BCUT2D eigenvalue weighted by atomic mass is 32.1. The molecule has 0 unspecified atom stereocenters. The molecule has 0 radical (unpaired) electrons. The number of hydrogen-bond acceptors (Lipinski definition) is 6. The average molecular weight is 321 g/mol. The number of anilines is 1. The smallest absolute Gasteiger partial charge is 0.269 e. The largest absolute Gasteiger partial charge is 0.297 e. The van der Waals surface area contributed by atoms with Gasteiger partial charge in [-0.3, -0.25) is 14.9 Å². The summed E-state index contributed by atoms with van der Waals surface area (Å²) in [4.78, 5) is 34.0. The summed E-state index contributed by atoms with van der Waals surface area (Å²) in [5.74, 6) is -0.0963. The van der Waals surface area contributed by atoms with E-state index < -0.39 is 0 Å². The lowest BCUT2D eigenvalue weighted by atomic mass is 9.78. The molecule has 0 bridgehead atoms. The van der Waals surface area contributed by atoms with Gasteiger partial charge < -0.3 is 0 Å². The lowest BCUT2D eigenvalue weighted by molar-refractivity contribution is 0.0915. The second kappa shape index (κ2) is 4.99. The molecule has 0 spiro atoms. The van der Waals surface area contributed by atoms with Gasteiger partial charge >= 0.3 is 0 Å². The lowest BCUT2D eigenvalue weighted by Crippen LogP contribution is -2.26. The van der Waals surface area contributed by atoms with E-state index >= 15 is 0 Å². The molecule has 2 aromatic rings. The van der Waals surface area contributed by atoms with Crippen molar-refractivity contribution in [3.05, 3.63) is 26.7 Å². The molecule has 7 heteroatoms. The number of aromatic nitrogens is 2. The summed E-state index contributed by atoms with van der Waals surface area (Å²) in [5, 5.41) is 3.27. The van der Waals surface area contributed by atoms with Crippen molar-refractivity contribution in [3.8, 4) is 0 Å². The van der Waals surface area contributed by atoms with Gasteiger partial charge in [-0.05, 0) is 18.8 Å². The highest BCUT2D eigenvalue weighted by Gasteiger charge is 2.34. The van der Waals surface area contributed by atoms with Crippen molar-refractivity contribution in [2.24, 2.45) is 5.41 Å². The number of ketones is 1. The minimum atomic E-state index is -0.215. The van der Waals surface area contributed by atoms with Crippen LogP contribution >= 0.6 is 22.7 Å². The Hall–Kier alpha value is -1.60. The zero-order valence-electron chi connectivity index (χ0n) is 12.0. The third-order valence-electron chi connectivity index (χ3n) is 3.41. The molecule has 1 aliphatic carbocycles. The number of nitrogens with zero attached hydrogens (tertiary/aromatic N) is 2. The Morgan fingerprint density at radius 3 is 2.81 bits per heavy atom. The van der Waals surface area contributed by atoms with E-state index in [-0.39, 0.29) is 17.1 Å². The molecule has 0 saturated carbocycles. The van der Waals surface area contributed by atoms with E-state index in [9.17, 15) is 9.59 Å². The standard InChI is InChI=1S/C14H15N3O2S2/c1-7-10(20-6-15-7)12(19)17-13-16-8-4-14(2,3)5-9(18)11(8)21-13/h6H,4-5H2,1-3H3,(H,16,17,19). The zero-order chi connectivity index (χ0) is 15.2. The molecular weight excluding hydrogens is 306 g/mol. The first-order valence-electron chi connectivity index (χ1n) is 6.60. The molecule has 2 aromatic heterocycles. The SMILES string of the molecule is Cc1ncsc1C(=O)Nc1nc2c(s1)C(=O)CC(C)(C)C2. The highest BCUT2D eigenvalue weighted by Crippen LogP contribution is 2.38. The summed E-state index contributed by atoms with van der Waals surface area (Å²) in [6.07, 6.45) is 1.30. The van der Waals surface area contributed by atoms with E-state index in [2.05, 4.69) is 29.1 Å². The predicted octanol–water partition coefficient (Wildman–Crippen LogP) is 3.32. The molecule has 110 valence electrons. The Bertz CT molecular complexity index is 730. The first kappa shape index (κ1) is 14.3. The van der Waals surface area contributed by atoms with Gasteiger partial charge in [0, 0.05) is 6.42 Å². The fourth-order valence-electron chi connectivity index (χ4n) is 2.45. The number of hydrogen-bond donors (Lipinski definition) is 1. The van der Waals surface area contributed by atoms with E-state index in [1.807, 2.05) is 0 Å². The van der Waals surface area contributed by atoms with Gasteiger partial charge in [-0.25, -0.2) is 9.97 Å². The molecule has 1 N–H and O–H groups in total. The van der Waals surface area contributed by atoms with Gasteiger partial charge in [0.2, 0.25) is 0 Å². The summed E-state index contributed by atoms with van der Waals surface area (Å²) in [7, 11) is 0. The van der Waals surface area contributed by atoms with Gasteiger partial charge in [0.25, 0.3) is 5.91 Å². The fourth-order valence-corrected chi connectivity index (χ4v) is 4.06. The molecule has 0 aliphatic heterocycles. The molecular formula is C14H15N3O2S2. The fraction of sp³-hybridized carbons (Fsp3) is 0.429. The van der Waals surface area contributed by atoms with Gasteiger partial charge in [0.1, 0.15) is 4.88 Å². The Labute approximate surface area is 130 Å². The number of nitrogens with one attached hydrogen (secondary N) is 1. The summed E-state index contributed by atoms with van der Waals surface area (Å²) < 4.78 is 0. The van der Waals surface area contributed by atoms with E-state index in [1.54, 1.807) is 12.4 Å². The van der Waals surface area contributed by atoms with Gasteiger partial charge in [-0.2, -0.15) is 0 Å². The van der Waals surface area contributed by atoms with Crippen molar-refractivity contribution in [1.29, 1.82) is 0 Å². The summed E-state index contributed by atoms with van der Waals surface area (Å²) >= 11 is 2.57. The molecule has 3 rings (SSSR count). The molecule has 0 aromatic carbocycles. The number of thiazole rings is 2. The van der Waals surface area contributed by atoms with Crippen LogP contribution < -0.4 is 5.32 Å². The van der Waals surface area contributed by atoms with Gasteiger partial charge in [0.15, 0.2) is 10.9 Å². The Morgan fingerprint density at radius 1 is 1.38 bits per heavy atom. The monoisotopic (exact) mass is 321 g/mol. The van der Waals surface area contributed by atoms with Crippen molar-refractivity contribution in [1.82, 2.24) is 9.97 Å². The minimum Gasteiger partial charge on any atom is -0.297 e. The Kier molecular flexibility index (Phi) is 3.41. The van der Waals surface area contributed by atoms with E-state index in [0.29, 0.717) is 27.0 Å². The van der Waals surface area contributed by atoms with E-state index in [4.69, 9.17) is 0 Å². The number of carbonyl (C=O) groups is 2. The molecule has 1 amide bonds. The maximum Gasteiger partial charge on any atom is 0.269 e. The number of rotatable bonds is 2. The lowest BCUT2D eigenvalue weighted by Gasteiger charge is -2.26. The number of aryl methyl sites for hydroxylation is 1. The number of amides is 1.